The van der Waals surface area contributed by atoms with E-state index >= 15 is 0 Å². The van der Waals surface area contributed by atoms with Crippen LogP contribution in [0.25, 0.3) is 114 Å². The van der Waals surface area contributed by atoms with Gasteiger partial charge in [0.05, 0.1) is 22.2 Å². The highest BCUT2D eigenvalue weighted by molar-refractivity contribution is 7.25. The van der Waals surface area contributed by atoms with Crippen LogP contribution in [0.5, 0.6) is 0 Å². The molecule has 0 aliphatic rings. The van der Waals surface area contributed by atoms with E-state index in [1.54, 1.807) is 0 Å². The van der Waals surface area contributed by atoms with Crippen LogP contribution in [-0.2, 0) is 0 Å². The average Bonchev–Trinajstić information content (AvgIpc) is 3.82. The van der Waals surface area contributed by atoms with Gasteiger partial charge in [0.25, 0.3) is 0 Å². The monoisotopic (exact) mass is 755 g/mol. The molecule has 3 nitrogen and oxygen atoms in total. The van der Waals surface area contributed by atoms with Gasteiger partial charge in [-0.25, -0.2) is 9.97 Å². The van der Waals surface area contributed by atoms with Crippen LogP contribution in [-0.4, -0.2) is 14.5 Å². The first-order valence-electron chi connectivity index (χ1n) is 19.6. The SMILES string of the molecule is c1ccc(-c2ccc3c4cc5ccccc5cc4n(-c4nc(-c5ccccc5)c5cc(-c6ccc7c(c6)sc6ccccc67)c(-c6ccccc6)cc5n4)c3c2)cc1. The molecule has 12 aromatic rings. The second-order valence-electron chi connectivity index (χ2n) is 15.0. The molecule has 3 aromatic heterocycles. The molecule has 0 fully saturated rings. The van der Waals surface area contributed by atoms with Crippen LogP contribution in [0.4, 0.5) is 0 Å². The molecule has 0 unspecified atom stereocenters. The fourth-order valence-corrected chi connectivity index (χ4v) is 9.94. The van der Waals surface area contributed by atoms with Crippen LogP contribution in [0.3, 0.4) is 0 Å². The number of nitrogens with zero attached hydrogens (tertiary/aromatic N) is 3. The maximum atomic E-state index is 5.57. The van der Waals surface area contributed by atoms with Crippen molar-refractivity contribution in [2.45, 2.75) is 0 Å². The van der Waals surface area contributed by atoms with Gasteiger partial charge in [0, 0.05) is 41.9 Å². The van der Waals surface area contributed by atoms with Crippen molar-refractivity contribution in [3.8, 4) is 50.6 Å². The second kappa shape index (κ2) is 13.1. The summed E-state index contributed by atoms with van der Waals surface area (Å²) in [6.07, 6.45) is 0. The molecule has 9 aromatic carbocycles. The molecule has 0 saturated heterocycles. The van der Waals surface area contributed by atoms with Crippen LogP contribution in [0.1, 0.15) is 0 Å². The third-order valence-electron chi connectivity index (χ3n) is 11.6. The molecule has 12 rings (SSSR count). The zero-order valence-corrected chi connectivity index (χ0v) is 32.1. The van der Waals surface area contributed by atoms with E-state index in [1.165, 1.54) is 52.8 Å². The molecule has 0 atom stereocenters. The Labute approximate surface area is 338 Å². The molecule has 3 heterocycles. The van der Waals surface area contributed by atoms with Crippen LogP contribution in [0.15, 0.2) is 200 Å². The molecule has 58 heavy (non-hydrogen) atoms. The molecule has 0 radical (unpaired) electrons. The zero-order chi connectivity index (χ0) is 38.2. The Morgan fingerprint density at radius 2 is 0.948 bits per heavy atom. The first-order chi connectivity index (χ1) is 28.7. The Morgan fingerprint density at radius 1 is 0.345 bits per heavy atom. The van der Waals surface area contributed by atoms with E-state index in [2.05, 4.69) is 205 Å². The van der Waals surface area contributed by atoms with Crippen molar-refractivity contribution in [1.29, 1.82) is 0 Å². The van der Waals surface area contributed by atoms with E-state index in [-0.39, 0.29) is 0 Å². The Kier molecular flexibility index (Phi) is 7.40. The molecule has 0 spiro atoms. The van der Waals surface area contributed by atoms with E-state index in [1.807, 2.05) is 11.3 Å². The maximum Gasteiger partial charge on any atom is 0.235 e. The van der Waals surface area contributed by atoms with Gasteiger partial charge < -0.3 is 0 Å². The van der Waals surface area contributed by atoms with Crippen molar-refractivity contribution >= 4 is 75.0 Å². The van der Waals surface area contributed by atoms with Gasteiger partial charge in [-0.1, -0.05) is 158 Å². The quantitative estimate of drug-likeness (QED) is 0.175. The molecular weight excluding hydrogens is 723 g/mol. The van der Waals surface area contributed by atoms with Gasteiger partial charge >= 0.3 is 0 Å². The maximum absolute atomic E-state index is 5.57. The fourth-order valence-electron chi connectivity index (χ4n) is 8.80. The summed E-state index contributed by atoms with van der Waals surface area (Å²) < 4.78 is 4.86. The second-order valence-corrected chi connectivity index (χ2v) is 16.1. The lowest BCUT2D eigenvalue weighted by atomic mass is 9.91. The largest absolute Gasteiger partial charge is 0.278 e. The molecule has 0 N–H and O–H groups in total. The summed E-state index contributed by atoms with van der Waals surface area (Å²) in [5, 5.41) is 8.34. The van der Waals surface area contributed by atoms with Crippen molar-refractivity contribution < 1.29 is 0 Å². The Hall–Kier alpha value is -7.40. The van der Waals surface area contributed by atoms with E-state index in [4.69, 9.17) is 9.97 Å². The minimum atomic E-state index is 0.644. The Balaban J connectivity index is 1.17. The molecule has 0 amide bonds. The topological polar surface area (TPSA) is 30.7 Å². The lowest BCUT2D eigenvalue weighted by Gasteiger charge is -2.16. The standard InChI is InChI=1S/C54H33N3S/c1-4-14-34(15-5-1)39-24-26-41-46-28-37-20-10-11-21-38(37)29-50(46)57(49(41)30-39)54-55-48-33-45(35-16-6-2-7-17-35)44(32-47(48)53(56-54)36-18-8-3-9-19-36)40-25-27-43-42-22-12-13-23-51(42)58-52(43)31-40/h1-33H. The first kappa shape index (κ1) is 32.8. The highest BCUT2D eigenvalue weighted by atomic mass is 32.1. The minimum Gasteiger partial charge on any atom is -0.278 e. The first-order valence-corrected chi connectivity index (χ1v) is 20.5. The van der Waals surface area contributed by atoms with Crippen molar-refractivity contribution in [3.05, 3.63) is 200 Å². The van der Waals surface area contributed by atoms with E-state index in [0.717, 1.165) is 55.4 Å². The number of aromatic nitrogens is 3. The van der Waals surface area contributed by atoms with Gasteiger partial charge in [-0.3, -0.25) is 4.57 Å². The zero-order valence-electron chi connectivity index (χ0n) is 31.3. The van der Waals surface area contributed by atoms with Crippen LogP contribution < -0.4 is 0 Å². The van der Waals surface area contributed by atoms with Gasteiger partial charge in [0.2, 0.25) is 5.95 Å². The summed E-state index contributed by atoms with van der Waals surface area (Å²) in [5.74, 6) is 0.644. The van der Waals surface area contributed by atoms with Gasteiger partial charge in [0.1, 0.15) is 0 Å². The summed E-state index contributed by atoms with van der Waals surface area (Å²) in [7, 11) is 0. The molecule has 0 aliphatic heterocycles. The van der Waals surface area contributed by atoms with Gasteiger partial charge in [0.15, 0.2) is 0 Å². The lowest BCUT2D eigenvalue weighted by Crippen LogP contribution is -2.04. The van der Waals surface area contributed by atoms with Crippen molar-refractivity contribution in [2.75, 3.05) is 0 Å². The molecular formula is C54H33N3S. The van der Waals surface area contributed by atoms with E-state index in [0.29, 0.717) is 5.95 Å². The number of fused-ring (bicyclic) bond motifs is 8. The van der Waals surface area contributed by atoms with Crippen molar-refractivity contribution in [1.82, 2.24) is 14.5 Å². The molecule has 4 heteroatoms. The predicted octanol–water partition coefficient (Wildman–Crippen LogP) is 14.9. The number of benzene rings is 9. The summed E-state index contributed by atoms with van der Waals surface area (Å²) in [4.78, 5) is 11.1. The van der Waals surface area contributed by atoms with Crippen LogP contribution >= 0.6 is 11.3 Å². The number of rotatable bonds is 5. The highest BCUT2D eigenvalue weighted by Gasteiger charge is 2.21. The van der Waals surface area contributed by atoms with E-state index < -0.39 is 0 Å². The summed E-state index contributed by atoms with van der Waals surface area (Å²) in [5.41, 5.74) is 11.9. The summed E-state index contributed by atoms with van der Waals surface area (Å²) >= 11 is 1.85. The number of hydrogen-bond donors (Lipinski definition) is 0. The molecule has 0 bridgehead atoms. The smallest absolute Gasteiger partial charge is 0.235 e. The highest BCUT2D eigenvalue weighted by Crippen LogP contribution is 2.43. The van der Waals surface area contributed by atoms with E-state index in [9.17, 15) is 0 Å². The third kappa shape index (κ3) is 5.27. The van der Waals surface area contributed by atoms with Crippen LogP contribution in [0, 0.1) is 0 Å². The van der Waals surface area contributed by atoms with Gasteiger partial charge in [-0.2, -0.15) is 0 Å². The third-order valence-corrected chi connectivity index (χ3v) is 12.7. The Bertz CT molecular complexity index is 3550. The number of thiophene rings is 1. The number of hydrogen-bond acceptors (Lipinski definition) is 3. The van der Waals surface area contributed by atoms with Crippen molar-refractivity contribution in [3.63, 3.8) is 0 Å². The molecule has 0 aliphatic carbocycles. The van der Waals surface area contributed by atoms with Crippen LogP contribution in [0.2, 0.25) is 0 Å². The van der Waals surface area contributed by atoms with Gasteiger partial charge in [-0.05, 0) is 86.6 Å². The molecule has 270 valence electrons. The summed E-state index contributed by atoms with van der Waals surface area (Å²) in [6.45, 7) is 0. The lowest BCUT2D eigenvalue weighted by molar-refractivity contribution is 1.01. The predicted molar refractivity (Wildman–Crippen MR) is 246 cm³/mol. The average molecular weight is 756 g/mol. The minimum absolute atomic E-state index is 0.644. The normalized spacial score (nSPS) is 11.8. The molecule has 0 saturated carbocycles. The fraction of sp³-hybridized carbons (Fsp3) is 0. The van der Waals surface area contributed by atoms with Crippen molar-refractivity contribution in [2.24, 2.45) is 0 Å². The Morgan fingerprint density at radius 3 is 1.74 bits per heavy atom. The van der Waals surface area contributed by atoms with Gasteiger partial charge in [-0.15, -0.1) is 11.3 Å². The summed E-state index contributed by atoms with van der Waals surface area (Å²) in [6, 6.07) is 72.1.